The number of ether oxygens (including phenoxy) is 2. The highest BCUT2D eigenvalue weighted by atomic mass is 35.5. The Hall–Kier alpha value is -3.32. The van der Waals surface area contributed by atoms with Crippen molar-refractivity contribution in [2.24, 2.45) is 5.10 Å². The van der Waals surface area contributed by atoms with Crippen LogP contribution in [0, 0.1) is 0 Å². The molecule has 0 aliphatic heterocycles. The number of halogens is 1. The van der Waals surface area contributed by atoms with Gasteiger partial charge in [-0.15, -0.1) is 0 Å². The van der Waals surface area contributed by atoms with Crippen molar-refractivity contribution in [3.8, 4) is 22.8 Å². The van der Waals surface area contributed by atoms with Gasteiger partial charge >= 0.3 is 0 Å². The lowest BCUT2D eigenvalue weighted by molar-refractivity contribution is 0.0950. The molecule has 3 aromatic rings. The fourth-order valence-electron chi connectivity index (χ4n) is 2.57. The summed E-state index contributed by atoms with van der Waals surface area (Å²) in [4.78, 5) is 12.4. The van der Waals surface area contributed by atoms with Crippen molar-refractivity contribution >= 4 is 23.2 Å². The average Bonchev–Trinajstić information content (AvgIpc) is 3.21. The minimum Gasteiger partial charge on any atom is -0.493 e. The molecule has 0 saturated carbocycles. The molecule has 1 amide bonds. The van der Waals surface area contributed by atoms with E-state index in [1.807, 2.05) is 24.3 Å². The summed E-state index contributed by atoms with van der Waals surface area (Å²) >= 11 is 6.17. The Bertz CT molecular complexity index is 1030. The summed E-state index contributed by atoms with van der Waals surface area (Å²) in [6.07, 6.45) is 0. The highest BCUT2D eigenvalue weighted by Gasteiger charge is 2.13. The van der Waals surface area contributed by atoms with Crippen molar-refractivity contribution in [3.63, 3.8) is 0 Å². The number of hydrogen-bond donors (Lipinski definition) is 2. The highest BCUT2D eigenvalue weighted by Crippen LogP contribution is 2.28. The van der Waals surface area contributed by atoms with Crippen LogP contribution in [-0.4, -0.2) is 36.0 Å². The second kappa shape index (κ2) is 8.58. The molecule has 28 heavy (non-hydrogen) atoms. The van der Waals surface area contributed by atoms with Gasteiger partial charge < -0.3 is 9.47 Å². The van der Waals surface area contributed by atoms with E-state index in [4.69, 9.17) is 21.1 Å². The summed E-state index contributed by atoms with van der Waals surface area (Å²) in [6, 6.07) is 14.3. The SMILES string of the molecule is COc1ccc(C(C)=NNC(=O)c2cc(-c3ccccc3Cl)n[nH]2)cc1OC. The van der Waals surface area contributed by atoms with E-state index in [2.05, 4.69) is 20.7 Å². The molecule has 1 aromatic heterocycles. The van der Waals surface area contributed by atoms with E-state index in [9.17, 15) is 4.79 Å². The van der Waals surface area contributed by atoms with Crippen LogP contribution in [0.1, 0.15) is 23.0 Å². The Kier molecular flexibility index (Phi) is 5.96. The predicted octanol–water partition coefficient (Wildman–Crippen LogP) is 3.90. The molecule has 8 heteroatoms. The molecule has 0 unspecified atom stereocenters. The standard InChI is InChI=1S/C20H19ClN4O3/c1-12(13-8-9-18(27-2)19(10-13)28-3)22-25-20(26)17-11-16(23-24-17)14-6-4-5-7-15(14)21/h4-11H,1-3H3,(H,23,24)(H,25,26). The third-order valence-corrected chi connectivity index (χ3v) is 4.43. The number of hydrazone groups is 1. The molecule has 7 nitrogen and oxygen atoms in total. The van der Waals surface area contributed by atoms with E-state index < -0.39 is 5.91 Å². The van der Waals surface area contributed by atoms with Crippen LogP contribution in [0.4, 0.5) is 0 Å². The molecule has 144 valence electrons. The zero-order valence-electron chi connectivity index (χ0n) is 15.6. The highest BCUT2D eigenvalue weighted by molar-refractivity contribution is 6.33. The number of nitrogens with one attached hydrogen (secondary N) is 2. The minimum atomic E-state index is -0.411. The van der Waals surface area contributed by atoms with Gasteiger partial charge in [0.25, 0.3) is 5.91 Å². The van der Waals surface area contributed by atoms with Crippen LogP contribution >= 0.6 is 11.6 Å². The number of rotatable bonds is 6. The Morgan fingerprint density at radius 2 is 1.86 bits per heavy atom. The largest absolute Gasteiger partial charge is 0.493 e. The zero-order valence-corrected chi connectivity index (χ0v) is 16.4. The Balaban J connectivity index is 1.74. The summed E-state index contributed by atoms with van der Waals surface area (Å²) in [6.45, 7) is 1.78. The lowest BCUT2D eigenvalue weighted by Crippen LogP contribution is -2.19. The number of carbonyl (C=O) groups excluding carboxylic acids is 1. The molecule has 3 rings (SSSR count). The number of hydrogen-bond acceptors (Lipinski definition) is 5. The van der Waals surface area contributed by atoms with Crippen LogP contribution in [-0.2, 0) is 0 Å². The molecule has 0 aliphatic rings. The number of amides is 1. The first-order chi connectivity index (χ1) is 13.5. The van der Waals surface area contributed by atoms with E-state index >= 15 is 0 Å². The van der Waals surface area contributed by atoms with E-state index in [0.717, 1.165) is 11.1 Å². The molecule has 0 aliphatic carbocycles. The summed E-state index contributed by atoms with van der Waals surface area (Å²) in [7, 11) is 3.13. The predicted molar refractivity (Wildman–Crippen MR) is 108 cm³/mol. The van der Waals surface area contributed by atoms with Crippen LogP contribution in [0.15, 0.2) is 53.6 Å². The van der Waals surface area contributed by atoms with Gasteiger partial charge in [-0.25, -0.2) is 5.43 Å². The first kappa shape index (κ1) is 19.4. The van der Waals surface area contributed by atoms with Crippen molar-refractivity contribution in [3.05, 3.63) is 64.8 Å². The van der Waals surface area contributed by atoms with Gasteiger partial charge in [0, 0.05) is 11.1 Å². The first-order valence-electron chi connectivity index (χ1n) is 8.41. The summed E-state index contributed by atoms with van der Waals surface area (Å²) in [5.74, 6) is 0.789. The molecular formula is C20H19ClN4O3. The van der Waals surface area contributed by atoms with Crippen molar-refractivity contribution < 1.29 is 14.3 Å². The van der Waals surface area contributed by atoms with E-state index in [1.54, 1.807) is 45.4 Å². The van der Waals surface area contributed by atoms with Gasteiger partial charge in [-0.3, -0.25) is 9.89 Å². The fourth-order valence-corrected chi connectivity index (χ4v) is 2.80. The van der Waals surface area contributed by atoms with Gasteiger partial charge in [0.2, 0.25) is 0 Å². The number of aromatic amines is 1. The maximum absolute atomic E-state index is 12.4. The third-order valence-electron chi connectivity index (χ3n) is 4.10. The Morgan fingerprint density at radius 3 is 2.57 bits per heavy atom. The monoisotopic (exact) mass is 398 g/mol. The van der Waals surface area contributed by atoms with Gasteiger partial charge in [-0.05, 0) is 37.3 Å². The van der Waals surface area contributed by atoms with Crippen LogP contribution < -0.4 is 14.9 Å². The van der Waals surface area contributed by atoms with Crippen molar-refractivity contribution in [1.29, 1.82) is 0 Å². The molecule has 1 heterocycles. The molecule has 2 N–H and O–H groups in total. The molecule has 0 bridgehead atoms. The molecule has 0 radical (unpaired) electrons. The summed E-state index contributed by atoms with van der Waals surface area (Å²) < 4.78 is 10.5. The number of benzene rings is 2. The van der Waals surface area contributed by atoms with Gasteiger partial charge in [0.15, 0.2) is 11.5 Å². The smallest absolute Gasteiger partial charge is 0.289 e. The van der Waals surface area contributed by atoms with Crippen LogP contribution in [0.3, 0.4) is 0 Å². The molecule has 0 spiro atoms. The normalized spacial score (nSPS) is 11.2. The number of H-pyrrole nitrogens is 1. The summed E-state index contributed by atoms with van der Waals surface area (Å²) in [5, 5.41) is 11.6. The molecule has 0 saturated heterocycles. The fraction of sp³-hybridized carbons (Fsp3) is 0.150. The lowest BCUT2D eigenvalue weighted by Gasteiger charge is -2.09. The molecule has 2 aromatic carbocycles. The number of nitrogens with zero attached hydrogens (tertiary/aromatic N) is 2. The quantitative estimate of drug-likeness (QED) is 0.486. The minimum absolute atomic E-state index is 0.277. The number of aromatic nitrogens is 2. The first-order valence-corrected chi connectivity index (χ1v) is 8.78. The van der Waals surface area contributed by atoms with Crippen LogP contribution in [0.5, 0.6) is 11.5 Å². The van der Waals surface area contributed by atoms with Gasteiger partial charge in [0.05, 0.1) is 30.6 Å². The van der Waals surface area contributed by atoms with Crippen molar-refractivity contribution in [2.45, 2.75) is 6.92 Å². The number of methoxy groups -OCH3 is 2. The van der Waals surface area contributed by atoms with Crippen LogP contribution in [0.2, 0.25) is 5.02 Å². The molecular weight excluding hydrogens is 380 g/mol. The number of carbonyl (C=O) groups is 1. The molecule has 0 fully saturated rings. The van der Waals surface area contributed by atoms with Crippen molar-refractivity contribution in [2.75, 3.05) is 14.2 Å². The second-order valence-electron chi connectivity index (χ2n) is 5.85. The van der Waals surface area contributed by atoms with Gasteiger partial charge in [-0.1, -0.05) is 29.8 Å². The van der Waals surface area contributed by atoms with E-state index in [-0.39, 0.29) is 5.69 Å². The van der Waals surface area contributed by atoms with Crippen LogP contribution in [0.25, 0.3) is 11.3 Å². The van der Waals surface area contributed by atoms with E-state index in [0.29, 0.717) is 27.9 Å². The summed E-state index contributed by atoms with van der Waals surface area (Å²) in [5.41, 5.74) is 5.51. The lowest BCUT2D eigenvalue weighted by atomic mass is 10.1. The van der Waals surface area contributed by atoms with E-state index in [1.165, 1.54) is 0 Å². The maximum atomic E-state index is 12.4. The maximum Gasteiger partial charge on any atom is 0.289 e. The van der Waals surface area contributed by atoms with Crippen molar-refractivity contribution in [1.82, 2.24) is 15.6 Å². The Labute approximate surface area is 167 Å². The zero-order chi connectivity index (χ0) is 20.1. The topological polar surface area (TPSA) is 88.6 Å². The van der Waals surface area contributed by atoms with Gasteiger partial charge in [0.1, 0.15) is 5.69 Å². The Morgan fingerprint density at radius 1 is 1.11 bits per heavy atom. The third kappa shape index (κ3) is 4.15. The van der Waals surface area contributed by atoms with Gasteiger partial charge in [-0.2, -0.15) is 10.2 Å². The molecule has 0 atom stereocenters. The average molecular weight is 399 g/mol. The second-order valence-corrected chi connectivity index (χ2v) is 6.26.